The van der Waals surface area contributed by atoms with Crippen LogP contribution in [-0.4, -0.2) is 45.8 Å². The van der Waals surface area contributed by atoms with Crippen LogP contribution in [0.25, 0.3) is 0 Å². The van der Waals surface area contributed by atoms with Gasteiger partial charge in [0.2, 0.25) is 11.8 Å². The van der Waals surface area contributed by atoms with Gasteiger partial charge in [-0.25, -0.2) is 0 Å². The summed E-state index contributed by atoms with van der Waals surface area (Å²) in [5.41, 5.74) is 0.239. The smallest absolute Gasteiger partial charge is 0.278 e. The van der Waals surface area contributed by atoms with E-state index in [0.29, 0.717) is 43.7 Å². The van der Waals surface area contributed by atoms with Crippen molar-refractivity contribution < 1.29 is 23.7 Å². The summed E-state index contributed by atoms with van der Waals surface area (Å²) >= 11 is 0. The van der Waals surface area contributed by atoms with Crippen LogP contribution in [0.4, 0.5) is 5.69 Å². The summed E-state index contributed by atoms with van der Waals surface area (Å²) in [7, 11) is 0. The van der Waals surface area contributed by atoms with Gasteiger partial charge < -0.3 is 20.5 Å². The maximum absolute atomic E-state index is 13.2. The number of carbonyl (C=O) groups excluding carboxylic acids is 4. The van der Waals surface area contributed by atoms with Gasteiger partial charge in [0, 0.05) is 30.3 Å². The first-order valence-electron chi connectivity index (χ1n) is 11.5. The Morgan fingerprint density at radius 2 is 2.09 bits per heavy atom. The van der Waals surface area contributed by atoms with Crippen molar-refractivity contribution in [3.8, 4) is 0 Å². The molecule has 3 amide bonds. The highest BCUT2D eigenvalue weighted by molar-refractivity contribution is 6.02. The van der Waals surface area contributed by atoms with E-state index >= 15 is 0 Å². The molecule has 4 rings (SSSR count). The molecule has 0 spiro atoms. The number of allylic oxidation sites excluding steroid dienone is 1. The molecule has 0 aliphatic carbocycles. The monoisotopic (exact) mass is 481 g/mol. The predicted molar refractivity (Wildman–Crippen MR) is 125 cm³/mol. The number of anilines is 1. The van der Waals surface area contributed by atoms with Crippen molar-refractivity contribution >= 4 is 29.2 Å². The van der Waals surface area contributed by atoms with Crippen molar-refractivity contribution in [1.82, 2.24) is 20.4 Å². The van der Waals surface area contributed by atoms with E-state index in [-0.39, 0.29) is 29.0 Å². The molecule has 2 aliphatic heterocycles. The molecule has 1 saturated heterocycles. The van der Waals surface area contributed by atoms with Gasteiger partial charge in [0.1, 0.15) is 17.5 Å². The van der Waals surface area contributed by atoms with Crippen LogP contribution in [0.15, 0.2) is 39.7 Å². The van der Waals surface area contributed by atoms with Crippen molar-refractivity contribution in [3.05, 3.63) is 57.9 Å². The number of hydrogen-bond donors (Lipinski definition) is 3. The fourth-order valence-corrected chi connectivity index (χ4v) is 4.45. The molecule has 0 aromatic carbocycles. The second kappa shape index (κ2) is 10.1. The Hall–Kier alpha value is -4.02. The third kappa shape index (κ3) is 5.39. The lowest BCUT2D eigenvalue weighted by atomic mass is 9.97. The quantitative estimate of drug-likeness (QED) is 0.476. The van der Waals surface area contributed by atoms with E-state index in [1.165, 1.54) is 29.7 Å². The van der Waals surface area contributed by atoms with Crippen molar-refractivity contribution in [3.63, 3.8) is 0 Å². The van der Waals surface area contributed by atoms with Crippen molar-refractivity contribution in [2.24, 2.45) is 5.92 Å². The normalized spacial score (nSPS) is 19.9. The number of fused-ring (bicyclic) bond motifs is 1. The second-order valence-corrected chi connectivity index (χ2v) is 8.84. The molecule has 11 nitrogen and oxygen atoms in total. The number of carbonyl (C=O) groups is 4. The molecule has 3 atom stereocenters. The Kier molecular flexibility index (Phi) is 6.94. The van der Waals surface area contributed by atoms with Crippen LogP contribution in [0.3, 0.4) is 0 Å². The SMILES string of the molecule is CC(=O)/C=C/[C@H](C[C@@H]1CCNC1=O)NC(=O)[C@@H]1CCc2ccc(NC(=O)c3cc(C)on3)c(=O)n21. The second-order valence-electron chi connectivity index (χ2n) is 8.84. The highest BCUT2D eigenvalue weighted by Crippen LogP contribution is 2.26. The van der Waals surface area contributed by atoms with Crippen LogP contribution in [0.2, 0.25) is 0 Å². The molecule has 2 aromatic rings. The zero-order valence-corrected chi connectivity index (χ0v) is 19.5. The number of rotatable bonds is 8. The van der Waals surface area contributed by atoms with E-state index in [1.54, 1.807) is 19.1 Å². The summed E-state index contributed by atoms with van der Waals surface area (Å²) in [6.07, 6.45) is 4.88. The number of ketones is 1. The minimum Gasteiger partial charge on any atom is -0.361 e. The third-order valence-electron chi connectivity index (χ3n) is 6.19. The van der Waals surface area contributed by atoms with Gasteiger partial charge in [0.05, 0.1) is 0 Å². The predicted octanol–water partition coefficient (Wildman–Crippen LogP) is 1.04. The average Bonchev–Trinajstić information content (AvgIpc) is 3.54. The van der Waals surface area contributed by atoms with Crippen LogP contribution in [0.1, 0.15) is 54.2 Å². The molecule has 4 heterocycles. The van der Waals surface area contributed by atoms with Gasteiger partial charge in [-0.1, -0.05) is 11.2 Å². The molecule has 0 unspecified atom stereocenters. The molecular formula is C24H27N5O6. The number of nitrogens with one attached hydrogen (secondary N) is 3. The van der Waals surface area contributed by atoms with Gasteiger partial charge in [-0.15, -0.1) is 0 Å². The Morgan fingerprint density at radius 3 is 2.74 bits per heavy atom. The van der Waals surface area contributed by atoms with E-state index in [4.69, 9.17) is 4.52 Å². The summed E-state index contributed by atoms with van der Waals surface area (Å²) in [6.45, 7) is 3.63. The van der Waals surface area contributed by atoms with Gasteiger partial charge in [0.25, 0.3) is 11.5 Å². The molecule has 2 aromatic heterocycles. The van der Waals surface area contributed by atoms with E-state index in [0.717, 1.165) is 0 Å². The summed E-state index contributed by atoms with van der Waals surface area (Å²) in [6, 6.07) is 3.34. The molecule has 184 valence electrons. The first-order chi connectivity index (χ1) is 16.7. The summed E-state index contributed by atoms with van der Waals surface area (Å²) in [5.74, 6) is -1.05. The van der Waals surface area contributed by atoms with Gasteiger partial charge in [-0.2, -0.15) is 0 Å². The highest BCUT2D eigenvalue weighted by atomic mass is 16.5. The van der Waals surface area contributed by atoms with Gasteiger partial charge in [-0.05, 0) is 57.7 Å². The van der Waals surface area contributed by atoms with Crippen LogP contribution < -0.4 is 21.5 Å². The first kappa shape index (κ1) is 24.1. The highest BCUT2D eigenvalue weighted by Gasteiger charge is 2.33. The van der Waals surface area contributed by atoms with Crippen LogP contribution in [0, 0.1) is 12.8 Å². The maximum Gasteiger partial charge on any atom is 0.278 e. The number of nitrogens with zero attached hydrogens (tertiary/aromatic N) is 2. The molecule has 1 fully saturated rings. The Labute approximate surface area is 200 Å². The fraction of sp³-hybridized carbons (Fsp3) is 0.417. The van der Waals surface area contributed by atoms with Gasteiger partial charge in [0.15, 0.2) is 11.5 Å². The number of aromatic nitrogens is 2. The largest absolute Gasteiger partial charge is 0.361 e. The van der Waals surface area contributed by atoms with Crippen LogP contribution >= 0.6 is 0 Å². The number of aryl methyl sites for hydroxylation is 2. The lowest BCUT2D eigenvalue weighted by Crippen LogP contribution is -2.42. The zero-order chi connectivity index (χ0) is 25.1. The molecule has 2 aliphatic rings. The first-order valence-corrected chi connectivity index (χ1v) is 11.5. The molecule has 3 N–H and O–H groups in total. The van der Waals surface area contributed by atoms with Crippen LogP contribution in [-0.2, 0) is 20.8 Å². The molecular weight excluding hydrogens is 454 g/mol. The Morgan fingerprint density at radius 1 is 1.29 bits per heavy atom. The molecule has 11 heteroatoms. The van der Waals surface area contributed by atoms with Crippen molar-refractivity contribution in [2.75, 3.05) is 11.9 Å². The van der Waals surface area contributed by atoms with Crippen molar-refractivity contribution in [2.45, 2.75) is 51.6 Å². The van der Waals surface area contributed by atoms with Crippen molar-refractivity contribution in [1.29, 1.82) is 0 Å². The molecule has 0 saturated carbocycles. The summed E-state index contributed by atoms with van der Waals surface area (Å²) < 4.78 is 6.28. The minimum atomic E-state index is -0.783. The topological polar surface area (TPSA) is 152 Å². The standard InChI is InChI=1S/C24H27N5O6/c1-13(30)3-4-16(12-15-9-10-25-21(15)31)26-23(33)20-8-6-17-5-7-18(24(34)29(17)20)27-22(32)19-11-14(2)35-28-19/h3-5,7,11,15-16,20H,6,8-10,12H2,1-2H3,(H,25,31)(H,26,33)(H,27,32)/b4-3+/t15-,16+,20-/m0/s1. The Bertz CT molecular complexity index is 1260. The summed E-state index contributed by atoms with van der Waals surface area (Å²) in [5, 5.41) is 11.8. The third-order valence-corrected chi connectivity index (χ3v) is 6.19. The number of hydrogen-bond acceptors (Lipinski definition) is 7. The van der Waals surface area contributed by atoms with Crippen LogP contribution in [0.5, 0.6) is 0 Å². The molecule has 0 radical (unpaired) electrons. The minimum absolute atomic E-state index is 0.0229. The van der Waals surface area contributed by atoms with Gasteiger partial charge >= 0.3 is 0 Å². The summed E-state index contributed by atoms with van der Waals surface area (Å²) in [4.78, 5) is 62.3. The number of pyridine rings is 1. The lowest BCUT2D eigenvalue weighted by molar-refractivity contribution is -0.126. The van der Waals surface area contributed by atoms with E-state index < -0.39 is 29.5 Å². The van der Waals surface area contributed by atoms with E-state index in [1.807, 2.05) is 0 Å². The zero-order valence-electron chi connectivity index (χ0n) is 19.5. The molecule has 35 heavy (non-hydrogen) atoms. The average molecular weight is 482 g/mol. The lowest BCUT2D eigenvalue weighted by Gasteiger charge is -2.21. The maximum atomic E-state index is 13.2. The molecule has 0 bridgehead atoms. The van der Waals surface area contributed by atoms with E-state index in [9.17, 15) is 24.0 Å². The number of amides is 3. The Balaban J connectivity index is 1.52. The van der Waals surface area contributed by atoms with E-state index in [2.05, 4.69) is 21.1 Å². The fourth-order valence-electron chi connectivity index (χ4n) is 4.45. The van der Waals surface area contributed by atoms with Gasteiger partial charge in [-0.3, -0.25) is 28.5 Å².